The zero-order valence-corrected chi connectivity index (χ0v) is 20.4. The van der Waals surface area contributed by atoms with Crippen molar-refractivity contribution in [3.63, 3.8) is 0 Å². The first-order valence-electron chi connectivity index (χ1n) is 12.6. The molecule has 1 saturated heterocycles. The van der Waals surface area contributed by atoms with Crippen molar-refractivity contribution < 1.29 is 4.79 Å². The number of nitrogens with zero attached hydrogens (tertiary/aromatic N) is 2. The van der Waals surface area contributed by atoms with E-state index in [1.807, 2.05) is 18.3 Å². The maximum atomic E-state index is 13.8. The number of fused-ring (bicyclic) bond motifs is 1. The Balaban J connectivity index is 1.35. The average molecular weight is 467 g/mol. The fraction of sp³-hybridized carbons (Fsp3) is 0.300. The lowest BCUT2D eigenvalue weighted by atomic mass is 10.0. The molecule has 0 radical (unpaired) electrons. The number of hydrogen-bond donors (Lipinski definition) is 2. The quantitative estimate of drug-likeness (QED) is 0.379. The van der Waals surface area contributed by atoms with Gasteiger partial charge in [0.1, 0.15) is 0 Å². The van der Waals surface area contributed by atoms with Gasteiger partial charge in [-0.15, -0.1) is 0 Å². The van der Waals surface area contributed by atoms with Gasteiger partial charge < -0.3 is 15.2 Å². The molecule has 0 spiro atoms. The number of H-pyrrole nitrogens is 1. The summed E-state index contributed by atoms with van der Waals surface area (Å²) in [6.07, 6.45) is 4.61. The van der Waals surface area contributed by atoms with Crippen LogP contribution in [-0.2, 0) is 24.2 Å². The van der Waals surface area contributed by atoms with Crippen LogP contribution in [0.5, 0.6) is 0 Å². The SMILES string of the molecule is CN(Cc1ccccc1)[C@H](CCc1ccccc1)N1CCNC(Cc2c[nH]c3ccccc23)C1=O. The van der Waals surface area contributed by atoms with E-state index in [4.69, 9.17) is 0 Å². The number of piperazine rings is 1. The molecule has 1 aliphatic heterocycles. The first-order chi connectivity index (χ1) is 17.2. The highest BCUT2D eigenvalue weighted by molar-refractivity contribution is 5.86. The van der Waals surface area contributed by atoms with Crippen molar-refractivity contribution in [1.82, 2.24) is 20.1 Å². The molecule has 2 heterocycles. The number of nitrogens with one attached hydrogen (secondary N) is 2. The van der Waals surface area contributed by atoms with Crippen molar-refractivity contribution in [2.24, 2.45) is 0 Å². The van der Waals surface area contributed by atoms with Crippen LogP contribution in [0.1, 0.15) is 23.1 Å². The Kier molecular flexibility index (Phi) is 7.26. The van der Waals surface area contributed by atoms with Gasteiger partial charge in [0.2, 0.25) is 5.91 Å². The third-order valence-corrected chi connectivity index (χ3v) is 7.10. The Morgan fingerprint density at radius 1 is 0.943 bits per heavy atom. The molecule has 35 heavy (non-hydrogen) atoms. The molecule has 1 amide bonds. The van der Waals surface area contributed by atoms with E-state index in [9.17, 15) is 4.79 Å². The fourth-order valence-electron chi connectivity index (χ4n) is 5.26. The van der Waals surface area contributed by atoms with Gasteiger partial charge in [0.05, 0.1) is 12.2 Å². The van der Waals surface area contributed by atoms with Crippen LogP contribution in [0.4, 0.5) is 0 Å². The van der Waals surface area contributed by atoms with Crippen LogP contribution in [-0.4, -0.2) is 53.0 Å². The van der Waals surface area contributed by atoms with Crippen LogP contribution in [0.25, 0.3) is 10.9 Å². The van der Waals surface area contributed by atoms with Crippen LogP contribution in [0.3, 0.4) is 0 Å². The molecular formula is C30H34N4O. The average Bonchev–Trinajstić information content (AvgIpc) is 3.30. The summed E-state index contributed by atoms with van der Waals surface area (Å²) in [6.45, 7) is 2.34. The number of carbonyl (C=O) groups excluding carboxylic acids is 1. The summed E-state index contributed by atoms with van der Waals surface area (Å²) in [5.41, 5.74) is 4.87. The lowest BCUT2D eigenvalue weighted by Crippen LogP contribution is -2.61. The number of para-hydroxylation sites is 1. The number of hydrogen-bond acceptors (Lipinski definition) is 3. The Morgan fingerprint density at radius 3 is 2.40 bits per heavy atom. The standard InChI is InChI=1S/C30H34N4O/c1-33(22-24-12-6-3-7-13-24)29(17-16-23-10-4-2-5-11-23)34-19-18-31-28(30(34)35)20-25-21-32-27-15-9-8-14-26(25)27/h2-15,21,28-29,31-32H,16-20,22H2,1H3/t28?,29-/m0/s1. The number of aromatic nitrogens is 1. The monoisotopic (exact) mass is 466 g/mol. The van der Waals surface area contributed by atoms with Gasteiger partial charge in [-0.1, -0.05) is 78.9 Å². The minimum Gasteiger partial charge on any atom is -0.361 e. The fourth-order valence-corrected chi connectivity index (χ4v) is 5.26. The van der Waals surface area contributed by atoms with E-state index in [0.717, 1.165) is 38.0 Å². The minimum absolute atomic E-state index is 0.0375. The lowest BCUT2D eigenvalue weighted by Gasteiger charge is -2.42. The molecule has 3 aromatic carbocycles. The largest absolute Gasteiger partial charge is 0.361 e. The Labute approximate surface area is 207 Å². The van der Waals surface area contributed by atoms with E-state index >= 15 is 0 Å². The number of amides is 1. The van der Waals surface area contributed by atoms with Crippen molar-refractivity contribution in [3.05, 3.63) is 108 Å². The second kappa shape index (κ2) is 10.9. The van der Waals surface area contributed by atoms with Crippen LogP contribution in [0, 0.1) is 0 Å². The molecule has 0 aliphatic carbocycles. The Bertz CT molecular complexity index is 1240. The van der Waals surface area contributed by atoms with Crippen LogP contribution < -0.4 is 5.32 Å². The molecule has 2 atom stereocenters. The first-order valence-corrected chi connectivity index (χ1v) is 12.6. The van der Waals surface area contributed by atoms with E-state index in [1.165, 1.54) is 22.1 Å². The topological polar surface area (TPSA) is 51.4 Å². The zero-order chi connectivity index (χ0) is 24.0. The molecule has 180 valence electrons. The number of aromatic amines is 1. The van der Waals surface area contributed by atoms with Gasteiger partial charge in [-0.05, 0) is 49.1 Å². The van der Waals surface area contributed by atoms with Gasteiger partial charge >= 0.3 is 0 Å². The van der Waals surface area contributed by atoms with Crippen LogP contribution >= 0.6 is 0 Å². The van der Waals surface area contributed by atoms with Crippen molar-refractivity contribution in [1.29, 1.82) is 0 Å². The van der Waals surface area contributed by atoms with E-state index in [0.29, 0.717) is 6.42 Å². The third-order valence-electron chi connectivity index (χ3n) is 7.10. The summed E-state index contributed by atoms with van der Waals surface area (Å²) < 4.78 is 0. The molecule has 1 unspecified atom stereocenters. The van der Waals surface area contributed by atoms with Gasteiger partial charge in [-0.3, -0.25) is 9.69 Å². The molecule has 1 fully saturated rings. The van der Waals surface area contributed by atoms with Gasteiger partial charge in [0.25, 0.3) is 0 Å². The number of carbonyl (C=O) groups is 1. The lowest BCUT2D eigenvalue weighted by molar-refractivity contribution is -0.143. The maximum Gasteiger partial charge on any atom is 0.241 e. The molecule has 5 heteroatoms. The van der Waals surface area contributed by atoms with Gasteiger partial charge in [0, 0.05) is 36.7 Å². The van der Waals surface area contributed by atoms with Gasteiger partial charge in [0.15, 0.2) is 0 Å². The molecule has 0 saturated carbocycles. The zero-order valence-electron chi connectivity index (χ0n) is 20.4. The summed E-state index contributed by atoms with van der Waals surface area (Å²) >= 11 is 0. The Morgan fingerprint density at radius 2 is 1.63 bits per heavy atom. The molecule has 1 aromatic heterocycles. The minimum atomic E-state index is -0.215. The highest BCUT2D eigenvalue weighted by atomic mass is 16.2. The van der Waals surface area contributed by atoms with Crippen molar-refractivity contribution in [3.8, 4) is 0 Å². The van der Waals surface area contributed by atoms with E-state index in [-0.39, 0.29) is 18.1 Å². The van der Waals surface area contributed by atoms with Gasteiger partial charge in [-0.25, -0.2) is 0 Å². The summed E-state index contributed by atoms with van der Waals surface area (Å²) in [7, 11) is 2.15. The predicted octanol–water partition coefficient (Wildman–Crippen LogP) is 4.60. The van der Waals surface area contributed by atoms with Crippen molar-refractivity contribution >= 4 is 16.8 Å². The maximum absolute atomic E-state index is 13.8. The summed E-state index contributed by atoms with van der Waals surface area (Å²) in [4.78, 5) is 21.6. The summed E-state index contributed by atoms with van der Waals surface area (Å²) in [5, 5.41) is 4.69. The number of rotatable bonds is 9. The van der Waals surface area contributed by atoms with Crippen LogP contribution in [0.2, 0.25) is 0 Å². The molecular weight excluding hydrogens is 432 g/mol. The second-order valence-electron chi connectivity index (χ2n) is 9.51. The molecule has 4 aromatic rings. The number of aryl methyl sites for hydroxylation is 1. The highest BCUT2D eigenvalue weighted by Gasteiger charge is 2.35. The van der Waals surface area contributed by atoms with Crippen LogP contribution in [0.15, 0.2) is 91.1 Å². The van der Waals surface area contributed by atoms with E-state index < -0.39 is 0 Å². The second-order valence-corrected chi connectivity index (χ2v) is 9.51. The predicted molar refractivity (Wildman–Crippen MR) is 142 cm³/mol. The summed E-state index contributed by atoms with van der Waals surface area (Å²) in [5.74, 6) is 0.194. The van der Waals surface area contributed by atoms with E-state index in [2.05, 4.69) is 99.9 Å². The number of benzene rings is 3. The normalized spacial score (nSPS) is 17.3. The molecule has 0 bridgehead atoms. The van der Waals surface area contributed by atoms with Crippen molar-refractivity contribution in [2.45, 2.75) is 38.0 Å². The van der Waals surface area contributed by atoms with Crippen molar-refractivity contribution in [2.75, 3.05) is 20.1 Å². The molecule has 1 aliphatic rings. The smallest absolute Gasteiger partial charge is 0.241 e. The first kappa shape index (κ1) is 23.3. The summed E-state index contributed by atoms with van der Waals surface area (Å²) in [6, 6.07) is 29.2. The molecule has 5 rings (SSSR count). The third kappa shape index (κ3) is 5.47. The van der Waals surface area contributed by atoms with Gasteiger partial charge in [-0.2, -0.15) is 0 Å². The molecule has 2 N–H and O–H groups in total. The van der Waals surface area contributed by atoms with E-state index in [1.54, 1.807) is 0 Å². The highest BCUT2D eigenvalue weighted by Crippen LogP contribution is 2.23. The Hall–Kier alpha value is -3.41. The molecule has 5 nitrogen and oxygen atoms in total.